The third kappa shape index (κ3) is 2.85. The smallest absolute Gasteiger partial charge is 0.286 e. The molecule has 0 saturated heterocycles. The summed E-state index contributed by atoms with van der Waals surface area (Å²) in [6.07, 6.45) is 0. The number of H-pyrrole nitrogens is 1. The first-order valence-corrected chi connectivity index (χ1v) is 7.21. The molecule has 118 valence electrons. The average molecular weight is 311 g/mol. The number of rotatable bonds is 3. The van der Waals surface area contributed by atoms with Crippen molar-refractivity contribution in [1.82, 2.24) is 14.8 Å². The van der Waals surface area contributed by atoms with Crippen molar-refractivity contribution < 1.29 is 9.90 Å². The lowest BCUT2D eigenvalue weighted by molar-refractivity contribution is -0.119. The highest BCUT2D eigenvalue weighted by Crippen LogP contribution is 2.36. The van der Waals surface area contributed by atoms with Crippen LogP contribution >= 0.6 is 0 Å². The highest BCUT2D eigenvalue weighted by Gasteiger charge is 2.12. The lowest BCUT2D eigenvalue weighted by Crippen LogP contribution is -2.10. The first-order valence-electron chi connectivity index (χ1n) is 7.21. The number of aromatic hydroxyl groups is 1. The maximum Gasteiger partial charge on any atom is 0.286 e. The van der Waals surface area contributed by atoms with E-state index in [1.807, 2.05) is 45.0 Å². The minimum absolute atomic E-state index is 0.0192. The van der Waals surface area contributed by atoms with E-state index >= 15 is 0 Å². The summed E-state index contributed by atoms with van der Waals surface area (Å²) in [6, 6.07) is 7.49. The number of azo groups is 1. The first-order chi connectivity index (χ1) is 11.0. The zero-order valence-corrected chi connectivity index (χ0v) is 13.2. The summed E-state index contributed by atoms with van der Waals surface area (Å²) >= 11 is 0. The predicted molar refractivity (Wildman–Crippen MR) is 85.9 cm³/mol. The molecule has 2 heterocycles. The van der Waals surface area contributed by atoms with E-state index in [9.17, 15) is 9.90 Å². The van der Waals surface area contributed by atoms with Crippen molar-refractivity contribution in [1.29, 1.82) is 0 Å². The van der Waals surface area contributed by atoms with Gasteiger partial charge in [-0.2, -0.15) is 5.10 Å². The maximum absolute atomic E-state index is 12.0. The molecular formula is C16H17N5O2. The van der Waals surface area contributed by atoms with Gasteiger partial charge in [-0.1, -0.05) is 18.2 Å². The number of para-hydroxylation sites is 1. The summed E-state index contributed by atoms with van der Waals surface area (Å²) in [5, 5.41) is 22.5. The van der Waals surface area contributed by atoms with Crippen LogP contribution in [-0.4, -0.2) is 25.8 Å². The second-order valence-electron chi connectivity index (χ2n) is 5.50. The topological polar surface area (TPSA) is 95.6 Å². The van der Waals surface area contributed by atoms with E-state index in [0.717, 1.165) is 27.9 Å². The van der Waals surface area contributed by atoms with E-state index in [1.165, 1.54) is 0 Å². The molecule has 0 aliphatic heterocycles. The van der Waals surface area contributed by atoms with Gasteiger partial charge in [-0.3, -0.25) is 9.48 Å². The van der Waals surface area contributed by atoms with Crippen LogP contribution in [0.1, 0.15) is 17.0 Å². The molecule has 3 rings (SSSR count). The van der Waals surface area contributed by atoms with Crippen LogP contribution in [0.3, 0.4) is 0 Å². The van der Waals surface area contributed by atoms with Gasteiger partial charge in [0.05, 0.1) is 11.2 Å². The number of carbonyl (C=O) groups is 1. The number of aromatic amines is 1. The normalized spacial score (nSPS) is 11.6. The Bertz CT molecular complexity index is 920. The molecule has 0 aliphatic rings. The zero-order valence-electron chi connectivity index (χ0n) is 13.2. The number of carbonyl (C=O) groups excluding carboxylic acids is 1. The van der Waals surface area contributed by atoms with Crippen molar-refractivity contribution in [3.05, 3.63) is 41.2 Å². The van der Waals surface area contributed by atoms with Crippen molar-refractivity contribution in [2.45, 2.75) is 27.3 Å². The van der Waals surface area contributed by atoms with Gasteiger partial charge in [-0.25, -0.2) is 0 Å². The van der Waals surface area contributed by atoms with Crippen LogP contribution in [0.15, 0.2) is 34.5 Å². The van der Waals surface area contributed by atoms with E-state index in [1.54, 1.807) is 4.68 Å². The largest absolute Gasteiger partial charge is 0.493 e. The lowest BCUT2D eigenvalue weighted by Gasteiger charge is -1.99. The third-order valence-corrected chi connectivity index (χ3v) is 3.65. The van der Waals surface area contributed by atoms with Crippen LogP contribution < -0.4 is 0 Å². The summed E-state index contributed by atoms with van der Waals surface area (Å²) in [7, 11) is 0. The summed E-state index contributed by atoms with van der Waals surface area (Å²) in [4.78, 5) is 14.8. The quantitative estimate of drug-likeness (QED) is 0.726. The number of aromatic nitrogens is 3. The number of hydrogen-bond donors (Lipinski definition) is 2. The van der Waals surface area contributed by atoms with Crippen molar-refractivity contribution in [3.63, 3.8) is 0 Å². The number of amides is 1. The van der Waals surface area contributed by atoms with Crippen LogP contribution in [0.2, 0.25) is 0 Å². The van der Waals surface area contributed by atoms with Crippen LogP contribution in [-0.2, 0) is 11.3 Å². The molecule has 0 unspecified atom stereocenters. The van der Waals surface area contributed by atoms with Crippen molar-refractivity contribution in [2.75, 3.05) is 0 Å². The van der Waals surface area contributed by atoms with Gasteiger partial charge >= 0.3 is 0 Å². The molecule has 3 aromatic rings. The van der Waals surface area contributed by atoms with Crippen LogP contribution in [0.5, 0.6) is 5.88 Å². The van der Waals surface area contributed by atoms with E-state index in [0.29, 0.717) is 0 Å². The molecule has 23 heavy (non-hydrogen) atoms. The molecule has 7 nitrogen and oxygen atoms in total. The van der Waals surface area contributed by atoms with E-state index in [2.05, 4.69) is 20.3 Å². The van der Waals surface area contributed by atoms with Gasteiger partial charge < -0.3 is 10.1 Å². The Kier molecular flexibility index (Phi) is 3.69. The molecule has 2 aromatic heterocycles. The van der Waals surface area contributed by atoms with Crippen LogP contribution in [0, 0.1) is 20.8 Å². The minimum atomic E-state index is -0.433. The summed E-state index contributed by atoms with van der Waals surface area (Å²) in [6.45, 7) is 5.68. The van der Waals surface area contributed by atoms with Crippen LogP contribution in [0.25, 0.3) is 10.9 Å². The molecule has 0 radical (unpaired) electrons. The number of benzene rings is 1. The number of nitrogens with zero attached hydrogens (tertiary/aromatic N) is 4. The minimum Gasteiger partial charge on any atom is -0.493 e. The van der Waals surface area contributed by atoms with Gasteiger partial charge in [0.1, 0.15) is 6.54 Å². The Morgan fingerprint density at radius 2 is 2.13 bits per heavy atom. The van der Waals surface area contributed by atoms with E-state index in [-0.39, 0.29) is 18.1 Å². The Hall–Kier alpha value is -2.96. The van der Waals surface area contributed by atoms with Gasteiger partial charge in [-0.15, -0.1) is 10.2 Å². The summed E-state index contributed by atoms with van der Waals surface area (Å²) < 4.78 is 1.58. The van der Waals surface area contributed by atoms with Gasteiger partial charge in [0.15, 0.2) is 5.69 Å². The van der Waals surface area contributed by atoms with Gasteiger partial charge in [0, 0.05) is 11.1 Å². The monoisotopic (exact) mass is 311 g/mol. The molecule has 1 amide bonds. The van der Waals surface area contributed by atoms with Crippen LogP contribution in [0.4, 0.5) is 5.69 Å². The zero-order chi connectivity index (χ0) is 16.6. The fraction of sp³-hybridized carbons (Fsp3) is 0.250. The third-order valence-electron chi connectivity index (χ3n) is 3.65. The van der Waals surface area contributed by atoms with Crippen molar-refractivity contribution in [2.24, 2.45) is 10.2 Å². The lowest BCUT2D eigenvalue weighted by atomic mass is 10.1. The molecule has 7 heteroatoms. The summed E-state index contributed by atoms with van der Waals surface area (Å²) in [5.74, 6) is -0.533. The standard InChI is InChI=1S/C16H17N5O2/c1-9-5-4-6-12-14(9)17-16(23)15(12)19-18-13(22)8-21-11(3)7-10(2)20-21/h4-7,17,23H,8H2,1-3H3. The number of hydrogen-bond acceptors (Lipinski definition) is 4. The molecule has 0 fully saturated rings. The molecule has 0 saturated carbocycles. The van der Waals surface area contributed by atoms with Gasteiger partial charge in [0.2, 0.25) is 5.88 Å². The highest BCUT2D eigenvalue weighted by atomic mass is 16.3. The Morgan fingerprint density at radius 3 is 2.83 bits per heavy atom. The first kappa shape index (κ1) is 15.0. The van der Waals surface area contributed by atoms with E-state index in [4.69, 9.17) is 0 Å². The molecule has 0 aliphatic carbocycles. The maximum atomic E-state index is 12.0. The fourth-order valence-corrected chi connectivity index (χ4v) is 2.54. The number of aryl methyl sites for hydroxylation is 3. The Labute approximate surface area is 132 Å². The number of fused-ring (bicyclic) bond motifs is 1. The molecule has 0 bridgehead atoms. The molecule has 2 N–H and O–H groups in total. The predicted octanol–water partition coefficient (Wildman–Crippen LogP) is 3.31. The number of nitrogens with one attached hydrogen (secondary N) is 1. The van der Waals surface area contributed by atoms with Gasteiger partial charge in [0.25, 0.3) is 5.91 Å². The molecular weight excluding hydrogens is 294 g/mol. The van der Waals surface area contributed by atoms with Crippen molar-refractivity contribution in [3.8, 4) is 5.88 Å². The van der Waals surface area contributed by atoms with Gasteiger partial charge in [-0.05, 0) is 32.4 Å². The van der Waals surface area contributed by atoms with Crippen molar-refractivity contribution >= 4 is 22.5 Å². The SMILES string of the molecule is Cc1cc(C)n(CC(=O)N=Nc2c(O)[nH]c3c(C)cccc23)n1. The molecule has 0 spiro atoms. The fourth-order valence-electron chi connectivity index (χ4n) is 2.54. The highest BCUT2D eigenvalue weighted by molar-refractivity contribution is 5.96. The summed E-state index contributed by atoms with van der Waals surface area (Å²) in [5.41, 5.74) is 3.76. The second kappa shape index (κ2) is 5.68. The average Bonchev–Trinajstić information content (AvgIpc) is 2.97. The molecule has 0 atom stereocenters. The Balaban J connectivity index is 1.85. The molecule has 1 aromatic carbocycles. The van der Waals surface area contributed by atoms with E-state index < -0.39 is 5.91 Å². The Morgan fingerprint density at radius 1 is 1.35 bits per heavy atom. The second-order valence-corrected chi connectivity index (χ2v) is 5.50.